The van der Waals surface area contributed by atoms with E-state index in [0.717, 1.165) is 0 Å². The minimum Gasteiger partial charge on any atom is -0.822 e. The van der Waals surface area contributed by atoms with E-state index < -0.39 is 15.6 Å². The molecule has 0 fully saturated rings. The van der Waals surface area contributed by atoms with Gasteiger partial charge >= 0.3 is 63.5 Å². The van der Waals surface area contributed by atoms with Crippen molar-refractivity contribution in [2.24, 2.45) is 0 Å². The van der Waals surface area contributed by atoms with Crippen molar-refractivity contribution in [3.8, 4) is 0 Å². The van der Waals surface area contributed by atoms with Gasteiger partial charge in [-0.1, -0.05) is 0 Å². The first-order chi connectivity index (χ1) is 4.00. The van der Waals surface area contributed by atoms with Crippen molar-refractivity contribution in [3.63, 3.8) is 0 Å². The van der Waals surface area contributed by atoms with Crippen LogP contribution >= 0.6 is 15.6 Å². The Labute approximate surface area is 117 Å². The number of hydrogen-bond acceptors (Lipinski definition) is 8. The molecular formula is AlLiO8P2Pb. The van der Waals surface area contributed by atoms with E-state index in [1.165, 1.54) is 0 Å². The van der Waals surface area contributed by atoms with Crippen LogP contribution in [0.4, 0.5) is 0 Å². The first kappa shape index (κ1) is 29.5. The molecule has 66 valence electrons. The van der Waals surface area contributed by atoms with Crippen molar-refractivity contribution in [3.05, 3.63) is 0 Å². The summed E-state index contributed by atoms with van der Waals surface area (Å²) < 4.78 is 17.1. The monoisotopic (exact) mass is 432 g/mol. The topological polar surface area (TPSA) is 172 Å². The molecule has 13 heavy (non-hydrogen) atoms. The minimum atomic E-state index is -5.39. The quantitative estimate of drug-likeness (QED) is 0.269. The molecule has 0 rings (SSSR count). The van der Waals surface area contributed by atoms with Gasteiger partial charge in [0.2, 0.25) is 0 Å². The maximum absolute atomic E-state index is 8.55. The summed E-state index contributed by atoms with van der Waals surface area (Å²) in [6.07, 6.45) is 0. The molecule has 0 aliphatic carbocycles. The summed E-state index contributed by atoms with van der Waals surface area (Å²) in [5, 5.41) is 0. The molecule has 13 heteroatoms. The van der Waals surface area contributed by atoms with Gasteiger partial charge in [-0.3, -0.25) is 0 Å². The van der Waals surface area contributed by atoms with Crippen molar-refractivity contribution >= 4 is 60.3 Å². The van der Waals surface area contributed by atoms with Crippen LogP contribution in [0.25, 0.3) is 0 Å². The smallest absolute Gasteiger partial charge is 0.822 e. The molecule has 0 spiro atoms. The molecule has 0 saturated carbocycles. The molecule has 0 saturated heterocycles. The second-order valence-electron chi connectivity index (χ2n) is 0.894. The van der Waals surface area contributed by atoms with Crippen molar-refractivity contribution in [1.82, 2.24) is 0 Å². The Morgan fingerprint density at radius 1 is 0.692 bits per heavy atom. The van der Waals surface area contributed by atoms with Gasteiger partial charge < -0.3 is 38.5 Å². The molecule has 0 unspecified atom stereocenters. The van der Waals surface area contributed by atoms with Crippen LogP contribution in [0.5, 0.6) is 0 Å². The number of rotatable bonds is 0. The summed E-state index contributed by atoms with van der Waals surface area (Å²) in [5.41, 5.74) is 0. The predicted molar refractivity (Wildman–Crippen MR) is 26.7 cm³/mol. The zero-order valence-electron chi connectivity index (χ0n) is 6.24. The molecule has 0 N–H and O–H groups in total. The van der Waals surface area contributed by atoms with E-state index in [9.17, 15) is 0 Å². The van der Waals surface area contributed by atoms with Gasteiger partial charge in [0, 0.05) is 0 Å². The molecule has 0 aliphatic heterocycles. The van der Waals surface area contributed by atoms with Gasteiger partial charge in [0.25, 0.3) is 0 Å². The number of phosphoric acid groups is 2. The van der Waals surface area contributed by atoms with E-state index in [0.29, 0.717) is 0 Å². The van der Waals surface area contributed by atoms with Gasteiger partial charge in [-0.05, 0) is 0 Å². The summed E-state index contributed by atoms with van der Waals surface area (Å²) in [4.78, 5) is 51.3. The molecule has 0 aliphatic rings. The molecule has 0 atom stereocenters. The third-order valence-corrected chi connectivity index (χ3v) is 0. The molecule has 0 amide bonds. The summed E-state index contributed by atoms with van der Waals surface area (Å²) in [6.45, 7) is 0. The zero-order chi connectivity index (χ0) is 9.00. The van der Waals surface area contributed by atoms with Crippen molar-refractivity contribution in [2.75, 3.05) is 0 Å². The molecule has 0 heterocycles. The summed E-state index contributed by atoms with van der Waals surface area (Å²) >= 11 is 0. The van der Waals surface area contributed by atoms with E-state index in [4.69, 9.17) is 38.5 Å². The first-order valence-corrected chi connectivity index (χ1v) is 4.38. The fourth-order valence-electron chi connectivity index (χ4n) is 0. The Hall–Kier alpha value is 2.27. The molecule has 0 bridgehead atoms. The van der Waals surface area contributed by atoms with Gasteiger partial charge in [0.1, 0.15) is 0 Å². The molecule has 8 nitrogen and oxygen atoms in total. The van der Waals surface area contributed by atoms with E-state index in [1.807, 2.05) is 0 Å². The molecule has 0 aromatic heterocycles. The van der Waals surface area contributed by atoms with Crippen LogP contribution in [0.2, 0.25) is 0 Å². The van der Waals surface area contributed by atoms with Gasteiger partial charge in [0.15, 0.2) is 0 Å². The van der Waals surface area contributed by atoms with Crippen LogP contribution in [0, 0.1) is 0 Å². The van der Waals surface area contributed by atoms with Crippen LogP contribution in [0.1, 0.15) is 0 Å². The fraction of sp³-hybridized carbons (Fsp3) is 0. The van der Waals surface area contributed by atoms with Crippen LogP contribution in [0.3, 0.4) is 0 Å². The summed E-state index contributed by atoms with van der Waals surface area (Å²) in [5.74, 6) is 0. The van der Waals surface area contributed by atoms with Crippen molar-refractivity contribution < 1.29 is 57.4 Å². The fourth-order valence-corrected chi connectivity index (χ4v) is 0. The van der Waals surface area contributed by atoms with Gasteiger partial charge in [0.05, 0.1) is 0 Å². The zero-order valence-corrected chi connectivity index (χ0v) is 13.1. The van der Waals surface area contributed by atoms with Gasteiger partial charge in [-0.15, -0.1) is 0 Å². The van der Waals surface area contributed by atoms with E-state index >= 15 is 0 Å². The van der Waals surface area contributed by atoms with Crippen molar-refractivity contribution in [2.45, 2.75) is 0 Å². The molecular weight excluding hydrogens is 431 g/mol. The summed E-state index contributed by atoms with van der Waals surface area (Å²) in [7, 11) is -10.8. The SMILES string of the molecule is O=P([O-])([O-])[O-].O=P([O-])([O-])[O-].[Al+3].[Li+].[Pb+2]. The Morgan fingerprint density at radius 2 is 0.692 bits per heavy atom. The third-order valence-electron chi connectivity index (χ3n) is 0. The van der Waals surface area contributed by atoms with E-state index in [-0.39, 0.29) is 63.5 Å². The predicted octanol–water partition coefficient (Wildman–Crippen LogP) is -9.41. The third kappa shape index (κ3) is 416. The van der Waals surface area contributed by atoms with Gasteiger partial charge in [-0.2, -0.15) is 15.6 Å². The molecule has 2 radical (unpaired) electrons. The van der Waals surface area contributed by atoms with E-state index in [2.05, 4.69) is 0 Å². The normalized spacial score (nSPS) is 9.08. The minimum absolute atomic E-state index is 0. The largest absolute Gasteiger partial charge is 3.00 e. The Morgan fingerprint density at radius 3 is 0.692 bits per heavy atom. The number of hydrogen-bond donors (Lipinski definition) is 0. The Bertz CT molecular complexity index is 134. The van der Waals surface area contributed by atoms with Gasteiger partial charge in [-0.25, -0.2) is 0 Å². The Balaban J connectivity index is -0.0000000267. The van der Waals surface area contributed by atoms with Crippen LogP contribution in [-0.4, -0.2) is 44.7 Å². The standard InChI is InChI=1S/Al.Li.2H3O4P.Pb/c;;2*1-5(2,3)4;/h;;2*(H3,1,2,3,4);/q+3;+1;;;+2/p-6. The second kappa shape index (κ2) is 12.3. The van der Waals surface area contributed by atoms with Crippen LogP contribution in [-0.2, 0) is 9.13 Å². The van der Waals surface area contributed by atoms with E-state index in [1.54, 1.807) is 0 Å². The Kier molecular flexibility index (Phi) is 28.0. The second-order valence-corrected chi connectivity index (χ2v) is 2.68. The first-order valence-electron chi connectivity index (χ1n) is 1.46. The maximum atomic E-state index is 8.55. The average molecular weight is 431 g/mol. The molecule has 0 aromatic rings. The van der Waals surface area contributed by atoms with Crippen molar-refractivity contribution in [1.29, 1.82) is 0 Å². The van der Waals surface area contributed by atoms with Crippen LogP contribution in [0.15, 0.2) is 0 Å². The average Bonchev–Trinajstić information content (AvgIpc) is 1.12. The van der Waals surface area contributed by atoms with Crippen LogP contribution < -0.4 is 48.2 Å². The maximum Gasteiger partial charge on any atom is 3.00 e. The summed E-state index contributed by atoms with van der Waals surface area (Å²) in [6, 6.07) is 0. The molecule has 0 aromatic carbocycles.